The molecule has 0 spiro atoms. The Hall–Kier alpha value is -0.870. The van der Waals surface area contributed by atoms with E-state index in [-0.39, 0.29) is 0 Å². The molecule has 1 atom stereocenters. The van der Waals surface area contributed by atoms with Crippen LogP contribution in [0.25, 0.3) is 0 Å². The number of hydrogen-bond acceptors (Lipinski definition) is 3. The van der Waals surface area contributed by atoms with Gasteiger partial charge in [0.2, 0.25) is 0 Å². The zero-order chi connectivity index (χ0) is 12.8. The molecule has 0 radical (unpaired) electrons. The van der Waals surface area contributed by atoms with E-state index in [4.69, 9.17) is 4.74 Å². The predicted octanol–water partition coefficient (Wildman–Crippen LogP) is 2.37. The molecule has 0 saturated carbocycles. The highest BCUT2D eigenvalue weighted by Crippen LogP contribution is 2.14. The van der Waals surface area contributed by atoms with Crippen molar-refractivity contribution in [2.45, 2.75) is 45.7 Å². The molecule has 0 bridgehead atoms. The molecule has 18 heavy (non-hydrogen) atoms. The van der Waals surface area contributed by atoms with Crippen molar-refractivity contribution in [3.63, 3.8) is 0 Å². The zero-order valence-electron chi connectivity index (χ0n) is 11.6. The number of hydrogen-bond donors (Lipinski definition) is 1. The summed E-state index contributed by atoms with van der Waals surface area (Å²) in [5.74, 6) is 0.686. The molecule has 0 amide bonds. The van der Waals surface area contributed by atoms with Crippen molar-refractivity contribution in [2.75, 3.05) is 19.8 Å². The summed E-state index contributed by atoms with van der Waals surface area (Å²) in [5, 5.41) is 8.12. The van der Waals surface area contributed by atoms with Gasteiger partial charge in [-0.25, -0.2) is 0 Å². The molecule has 1 aromatic heterocycles. The first-order valence-electron chi connectivity index (χ1n) is 7.16. The maximum absolute atomic E-state index is 5.36. The van der Waals surface area contributed by atoms with Crippen molar-refractivity contribution in [1.82, 2.24) is 15.1 Å². The van der Waals surface area contributed by atoms with E-state index in [0.29, 0.717) is 12.0 Å². The van der Waals surface area contributed by atoms with Gasteiger partial charge >= 0.3 is 0 Å². The summed E-state index contributed by atoms with van der Waals surface area (Å²) in [6.45, 7) is 8.17. The van der Waals surface area contributed by atoms with Gasteiger partial charge in [-0.05, 0) is 31.2 Å². The number of nitrogens with zero attached hydrogens (tertiary/aromatic N) is 2. The van der Waals surface area contributed by atoms with Crippen molar-refractivity contribution >= 4 is 0 Å². The van der Waals surface area contributed by atoms with Crippen molar-refractivity contribution in [1.29, 1.82) is 0 Å². The second-order valence-corrected chi connectivity index (χ2v) is 5.12. The Bertz CT molecular complexity index is 341. The minimum atomic E-state index is 0.544. The Morgan fingerprint density at radius 3 is 3.00 bits per heavy atom. The lowest BCUT2D eigenvalue weighted by Gasteiger charge is -2.12. The lowest BCUT2D eigenvalue weighted by molar-refractivity contribution is 0.185. The van der Waals surface area contributed by atoms with Gasteiger partial charge in [0, 0.05) is 25.9 Å². The number of aromatic nitrogens is 2. The van der Waals surface area contributed by atoms with Gasteiger partial charge in [-0.2, -0.15) is 5.10 Å². The third-order valence-electron chi connectivity index (χ3n) is 3.74. The summed E-state index contributed by atoms with van der Waals surface area (Å²) in [5.41, 5.74) is 1.14. The molecule has 0 aliphatic carbocycles. The number of nitrogens with one attached hydrogen (secondary N) is 1. The molecule has 102 valence electrons. The van der Waals surface area contributed by atoms with E-state index >= 15 is 0 Å². The van der Waals surface area contributed by atoms with Gasteiger partial charge in [0.25, 0.3) is 0 Å². The summed E-state index contributed by atoms with van der Waals surface area (Å²) < 4.78 is 7.47. The minimum Gasteiger partial charge on any atom is -0.381 e. The quantitative estimate of drug-likeness (QED) is 0.808. The average molecular weight is 251 g/mol. The molecule has 1 N–H and O–H groups in total. The second-order valence-electron chi connectivity index (χ2n) is 5.12. The molecule has 1 aliphatic rings. The molecule has 4 heteroatoms. The monoisotopic (exact) mass is 251 g/mol. The fourth-order valence-corrected chi connectivity index (χ4v) is 2.49. The first-order chi connectivity index (χ1) is 8.83. The van der Waals surface area contributed by atoms with Gasteiger partial charge in [0.15, 0.2) is 0 Å². The Morgan fingerprint density at radius 1 is 1.50 bits per heavy atom. The molecule has 2 rings (SSSR count). The van der Waals surface area contributed by atoms with Crippen LogP contribution in [0.3, 0.4) is 0 Å². The van der Waals surface area contributed by atoms with Crippen LogP contribution >= 0.6 is 0 Å². The summed E-state index contributed by atoms with van der Waals surface area (Å²) in [6.07, 6.45) is 5.58. The van der Waals surface area contributed by atoms with Crippen molar-refractivity contribution < 1.29 is 4.74 Å². The molecule has 4 nitrogen and oxygen atoms in total. The Morgan fingerprint density at radius 2 is 2.33 bits per heavy atom. The van der Waals surface area contributed by atoms with Crippen LogP contribution in [0.2, 0.25) is 0 Å². The van der Waals surface area contributed by atoms with E-state index in [0.717, 1.165) is 44.8 Å². The molecule has 1 aliphatic heterocycles. The van der Waals surface area contributed by atoms with Crippen LogP contribution in [0, 0.1) is 5.92 Å². The second kappa shape index (κ2) is 6.90. The van der Waals surface area contributed by atoms with E-state index in [1.165, 1.54) is 6.42 Å². The minimum absolute atomic E-state index is 0.544. The normalized spacial score (nSPS) is 19.8. The molecular formula is C14H25N3O. The van der Waals surface area contributed by atoms with Crippen LogP contribution in [0.4, 0.5) is 0 Å². The van der Waals surface area contributed by atoms with Crippen molar-refractivity contribution in [3.8, 4) is 0 Å². The smallest absolute Gasteiger partial charge is 0.0762 e. The van der Waals surface area contributed by atoms with E-state index < -0.39 is 0 Å². The van der Waals surface area contributed by atoms with Crippen LogP contribution in [0.15, 0.2) is 12.3 Å². The van der Waals surface area contributed by atoms with Gasteiger partial charge in [-0.3, -0.25) is 4.68 Å². The summed E-state index contributed by atoms with van der Waals surface area (Å²) in [6, 6.07) is 2.66. The number of rotatable bonds is 7. The van der Waals surface area contributed by atoms with Gasteiger partial charge in [0.1, 0.15) is 0 Å². The van der Waals surface area contributed by atoms with E-state index in [9.17, 15) is 0 Å². The largest absolute Gasteiger partial charge is 0.381 e. The van der Waals surface area contributed by atoms with Crippen LogP contribution in [0.5, 0.6) is 0 Å². The first-order valence-corrected chi connectivity index (χ1v) is 7.16. The van der Waals surface area contributed by atoms with Gasteiger partial charge in [-0.15, -0.1) is 0 Å². The van der Waals surface area contributed by atoms with Crippen molar-refractivity contribution in [2.24, 2.45) is 5.92 Å². The Kier molecular flexibility index (Phi) is 5.20. The van der Waals surface area contributed by atoms with Crippen LogP contribution in [-0.4, -0.2) is 29.5 Å². The summed E-state index contributed by atoms with van der Waals surface area (Å²) in [7, 11) is 0. The fraction of sp³-hybridized carbons (Fsp3) is 0.786. The zero-order valence-corrected chi connectivity index (χ0v) is 11.6. The SMILES string of the molecule is CCC(CC)n1ccc(CNCC2CCOC2)n1. The highest BCUT2D eigenvalue weighted by Gasteiger charge is 2.15. The first kappa shape index (κ1) is 13.6. The van der Waals surface area contributed by atoms with E-state index in [1.807, 2.05) is 0 Å². The fourth-order valence-electron chi connectivity index (χ4n) is 2.49. The molecule has 1 fully saturated rings. The van der Waals surface area contributed by atoms with Gasteiger partial charge in [-0.1, -0.05) is 13.8 Å². The van der Waals surface area contributed by atoms with Gasteiger partial charge in [0.05, 0.1) is 18.3 Å². The van der Waals surface area contributed by atoms with Crippen LogP contribution < -0.4 is 5.32 Å². The maximum Gasteiger partial charge on any atom is 0.0762 e. The summed E-state index contributed by atoms with van der Waals surface area (Å²) >= 11 is 0. The topological polar surface area (TPSA) is 39.1 Å². The molecule has 1 aromatic rings. The third-order valence-corrected chi connectivity index (χ3v) is 3.74. The Balaban J connectivity index is 1.75. The maximum atomic E-state index is 5.36. The molecule has 2 heterocycles. The molecule has 1 saturated heterocycles. The molecule has 0 aromatic carbocycles. The van der Waals surface area contributed by atoms with Crippen LogP contribution in [0.1, 0.15) is 44.8 Å². The summed E-state index contributed by atoms with van der Waals surface area (Å²) in [4.78, 5) is 0. The molecule has 1 unspecified atom stereocenters. The third kappa shape index (κ3) is 3.56. The standard InChI is InChI=1S/C14H25N3O/c1-3-14(4-2)17-7-5-13(16-17)10-15-9-12-6-8-18-11-12/h5,7,12,14-15H,3-4,6,8-11H2,1-2H3. The average Bonchev–Trinajstić information content (AvgIpc) is 3.03. The lowest BCUT2D eigenvalue weighted by Crippen LogP contribution is -2.23. The number of ether oxygens (including phenoxy) is 1. The van der Waals surface area contributed by atoms with Crippen molar-refractivity contribution in [3.05, 3.63) is 18.0 Å². The highest BCUT2D eigenvalue weighted by molar-refractivity contribution is 4.99. The lowest BCUT2D eigenvalue weighted by atomic mass is 10.1. The van der Waals surface area contributed by atoms with Gasteiger partial charge < -0.3 is 10.1 Å². The Labute approximate surface area is 110 Å². The van der Waals surface area contributed by atoms with Crippen LogP contribution in [-0.2, 0) is 11.3 Å². The van der Waals surface area contributed by atoms with E-state index in [1.54, 1.807) is 0 Å². The predicted molar refractivity (Wildman–Crippen MR) is 72.5 cm³/mol. The molecular weight excluding hydrogens is 226 g/mol. The highest BCUT2D eigenvalue weighted by atomic mass is 16.5. The van der Waals surface area contributed by atoms with E-state index in [2.05, 4.69) is 41.2 Å².